The van der Waals surface area contributed by atoms with Gasteiger partial charge in [-0.05, 0) is 44.4 Å². The van der Waals surface area contributed by atoms with Crippen LogP contribution in [0.25, 0.3) is 0 Å². The number of carbonyl (C=O) groups is 2. The highest BCUT2D eigenvalue weighted by atomic mass is 16.5. The van der Waals surface area contributed by atoms with Gasteiger partial charge in [0.05, 0.1) is 6.61 Å². The molecule has 0 spiro atoms. The lowest BCUT2D eigenvalue weighted by atomic mass is 10.00. The van der Waals surface area contributed by atoms with Crippen molar-refractivity contribution in [2.75, 3.05) is 11.5 Å². The average Bonchev–Trinajstić information content (AvgIpc) is 2.38. The van der Waals surface area contributed by atoms with Crippen molar-refractivity contribution >= 4 is 17.6 Å². The summed E-state index contributed by atoms with van der Waals surface area (Å²) in [6.45, 7) is 4.09. The van der Waals surface area contributed by atoms with Gasteiger partial charge in [0, 0.05) is 12.1 Å². The number of benzene rings is 1. The number of amides is 1. The van der Waals surface area contributed by atoms with Gasteiger partial charge >= 0.3 is 5.97 Å². The lowest BCUT2D eigenvalue weighted by molar-refractivity contribution is -0.146. The lowest BCUT2D eigenvalue weighted by Gasteiger charge is -2.34. The molecule has 1 aromatic carbocycles. The van der Waals surface area contributed by atoms with E-state index in [-0.39, 0.29) is 11.9 Å². The van der Waals surface area contributed by atoms with Crippen LogP contribution in [-0.4, -0.2) is 24.5 Å². The Bertz CT molecular complexity index is 484. The summed E-state index contributed by atoms with van der Waals surface area (Å²) in [5, 5.41) is 0. The smallest absolute Gasteiger partial charge is 0.329 e. The number of hydrogen-bond acceptors (Lipinski definition) is 3. The number of esters is 1. The third kappa shape index (κ3) is 2.95. The van der Waals surface area contributed by atoms with Crippen molar-refractivity contribution in [3.63, 3.8) is 0 Å². The first-order chi connectivity index (χ1) is 9.13. The summed E-state index contributed by atoms with van der Waals surface area (Å²) < 4.78 is 5.08. The van der Waals surface area contributed by atoms with Crippen molar-refractivity contribution in [1.82, 2.24) is 0 Å². The van der Waals surface area contributed by atoms with Crippen LogP contribution in [0, 0.1) is 6.92 Å². The van der Waals surface area contributed by atoms with Crippen molar-refractivity contribution in [3.8, 4) is 0 Å². The van der Waals surface area contributed by atoms with Gasteiger partial charge in [0.25, 0.3) is 0 Å². The molecule has 1 unspecified atom stereocenters. The molecule has 0 bridgehead atoms. The van der Waals surface area contributed by atoms with Gasteiger partial charge in [-0.3, -0.25) is 9.69 Å². The lowest BCUT2D eigenvalue weighted by Crippen LogP contribution is -2.49. The van der Waals surface area contributed by atoms with Crippen molar-refractivity contribution in [2.45, 2.75) is 39.2 Å². The largest absolute Gasteiger partial charge is 0.464 e. The fourth-order valence-electron chi connectivity index (χ4n) is 2.43. The van der Waals surface area contributed by atoms with Crippen LogP contribution in [0.3, 0.4) is 0 Å². The maximum Gasteiger partial charge on any atom is 0.329 e. The fraction of sp³-hybridized carbons (Fsp3) is 0.467. The standard InChI is InChI=1S/C15H19NO3/c1-3-19-15(18)13-8-5-9-14(17)16(13)12-7-4-6-11(2)10-12/h4,6-7,10,13H,3,5,8-9H2,1-2H3. The van der Waals surface area contributed by atoms with E-state index in [2.05, 4.69) is 0 Å². The van der Waals surface area contributed by atoms with Crippen LogP contribution in [0.2, 0.25) is 0 Å². The minimum Gasteiger partial charge on any atom is -0.464 e. The van der Waals surface area contributed by atoms with Crippen molar-refractivity contribution in [3.05, 3.63) is 29.8 Å². The Morgan fingerprint density at radius 2 is 2.26 bits per heavy atom. The van der Waals surface area contributed by atoms with E-state index in [0.29, 0.717) is 19.4 Å². The number of aryl methyl sites for hydroxylation is 1. The minimum atomic E-state index is -0.483. The number of rotatable bonds is 3. The monoisotopic (exact) mass is 261 g/mol. The fourth-order valence-corrected chi connectivity index (χ4v) is 2.43. The first-order valence-electron chi connectivity index (χ1n) is 6.69. The Kier molecular flexibility index (Phi) is 4.20. The predicted octanol–water partition coefficient (Wildman–Crippen LogP) is 2.44. The molecule has 102 valence electrons. The van der Waals surface area contributed by atoms with E-state index >= 15 is 0 Å². The molecule has 0 aromatic heterocycles. The Morgan fingerprint density at radius 3 is 2.95 bits per heavy atom. The summed E-state index contributed by atoms with van der Waals surface area (Å²) in [4.78, 5) is 25.7. The van der Waals surface area contributed by atoms with Gasteiger partial charge < -0.3 is 4.74 Å². The topological polar surface area (TPSA) is 46.6 Å². The van der Waals surface area contributed by atoms with Crippen LogP contribution in [0.5, 0.6) is 0 Å². The highest BCUT2D eigenvalue weighted by Gasteiger charge is 2.35. The Morgan fingerprint density at radius 1 is 1.47 bits per heavy atom. The second-order valence-electron chi connectivity index (χ2n) is 4.76. The molecular weight excluding hydrogens is 242 g/mol. The van der Waals surface area contributed by atoms with E-state index < -0.39 is 6.04 Å². The van der Waals surface area contributed by atoms with Crippen LogP contribution in [0.4, 0.5) is 5.69 Å². The molecular formula is C15H19NO3. The number of nitrogens with zero attached hydrogens (tertiary/aromatic N) is 1. The zero-order valence-electron chi connectivity index (χ0n) is 11.4. The molecule has 0 N–H and O–H groups in total. The molecule has 4 nitrogen and oxygen atoms in total. The molecule has 0 aliphatic carbocycles. The molecule has 2 rings (SSSR count). The SMILES string of the molecule is CCOC(=O)C1CCCC(=O)N1c1cccc(C)c1. The molecule has 1 heterocycles. The molecule has 1 aliphatic rings. The van der Waals surface area contributed by atoms with Crippen LogP contribution in [-0.2, 0) is 14.3 Å². The van der Waals surface area contributed by atoms with Gasteiger partial charge in [0.15, 0.2) is 0 Å². The van der Waals surface area contributed by atoms with E-state index in [1.165, 1.54) is 0 Å². The van der Waals surface area contributed by atoms with Gasteiger partial charge in [-0.2, -0.15) is 0 Å². The zero-order chi connectivity index (χ0) is 13.8. The first kappa shape index (κ1) is 13.6. The molecule has 1 atom stereocenters. The van der Waals surface area contributed by atoms with Gasteiger partial charge in [0.2, 0.25) is 5.91 Å². The second kappa shape index (κ2) is 5.87. The van der Waals surface area contributed by atoms with E-state index in [1.54, 1.807) is 11.8 Å². The summed E-state index contributed by atoms with van der Waals surface area (Å²) in [5.74, 6) is -0.313. The summed E-state index contributed by atoms with van der Waals surface area (Å²) in [6.07, 6.45) is 1.90. The number of hydrogen-bond donors (Lipinski definition) is 0. The van der Waals surface area contributed by atoms with Crippen LogP contribution in [0.15, 0.2) is 24.3 Å². The molecule has 1 amide bonds. The van der Waals surface area contributed by atoms with Crippen molar-refractivity contribution in [2.24, 2.45) is 0 Å². The first-order valence-corrected chi connectivity index (χ1v) is 6.69. The number of ether oxygens (including phenoxy) is 1. The van der Waals surface area contributed by atoms with Gasteiger partial charge in [0.1, 0.15) is 6.04 Å². The minimum absolute atomic E-state index is 0.00472. The Labute approximate surface area is 113 Å². The van der Waals surface area contributed by atoms with Crippen LogP contribution < -0.4 is 4.90 Å². The average molecular weight is 261 g/mol. The summed E-state index contributed by atoms with van der Waals surface area (Å²) in [7, 11) is 0. The zero-order valence-corrected chi connectivity index (χ0v) is 11.4. The third-order valence-electron chi connectivity index (χ3n) is 3.29. The van der Waals surface area contributed by atoms with Crippen molar-refractivity contribution < 1.29 is 14.3 Å². The number of carbonyl (C=O) groups excluding carboxylic acids is 2. The van der Waals surface area contributed by atoms with Crippen molar-refractivity contribution in [1.29, 1.82) is 0 Å². The maximum atomic E-state index is 12.1. The van der Waals surface area contributed by atoms with Gasteiger partial charge in [-0.25, -0.2) is 4.79 Å². The van der Waals surface area contributed by atoms with E-state index in [4.69, 9.17) is 4.74 Å². The maximum absolute atomic E-state index is 12.1. The summed E-state index contributed by atoms with van der Waals surface area (Å²) >= 11 is 0. The number of anilines is 1. The highest BCUT2D eigenvalue weighted by Crippen LogP contribution is 2.27. The quantitative estimate of drug-likeness (QED) is 0.785. The Balaban J connectivity index is 2.31. The number of piperidine rings is 1. The third-order valence-corrected chi connectivity index (χ3v) is 3.29. The van der Waals surface area contributed by atoms with E-state index in [9.17, 15) is 9.59 Å². The van der Waals surface area contributed by atoms with Crippen LogP contribution >= 0.6 is 0 Å². The molecule has 1 aromatic rings. The second-order valence-corrected chi connectivity index (χ2v) is 4.76. The summed E-state index contributed by atoms with van der Waals surface area (Å²) in [6, 6.07) is 7.17. The van der Waals surface area contributed by atoms with Gasteiger partial charge in [-0.15, -0.1) is 0 Å². The highest BCUT2D eigenvalue weighted by molar-refractivity contribution is 6.00. The molecule has 1 fully saturated rings. The molecule has 0 saturated carbocycles. The van der Waals surface area contributed by atoms with E-state index in [1.807, 2.05) is 31.2 Å². The van der Waals surface area contributed by atoms with Gasteiger partial charge in [-0.1, -0.05) is 12.1 Å². The molecule has 1 aliphatic heterocycles. The molecule has 19 heavy (non-hydrogen) atoms. The normalized spacial score (nSPS) is 19.4. The Hall–Kier alpha value is -1.84. The predicted molar refractivity (Wildman–Crippen MR) is 72.9 cm³/mol. The van der Waals surface area contributed by atoms with E-state index in [0.717, 1.165) is 17.7 Å². The molecule has 0 radical (unpaired) electrons. The molecule has 4 heteroatoms. The summed E-state index contributed by atoms with van der Waals surface area (Å²) in [5.41, 5.74) is 1.85. The van der Waals surface area contributed by atoms with Crippen LogP contribution in [0.1, 0.15) is 31.7 Å². The molecule has 1 saturated heterocycles.